The first-order valence-electron chi connectivity index (χ1n) is 6.92. The number of rotatable bonds is 6. The number of esters is 1. The van der Waals surface area contributed by atoms with Gasteiger partial charge in [0.1, 0.15) is 6.33 Å². The van der Waals surface area contributed by atoms with Gasteiger partial charge in [-0.05, 0) is 18.4 Å². The van der Waals surface area contributed by atoms with Crippen molar-refractivity contribution in [3.63, 3.8) is 0 Å². The van der Waals surface area contributed by atoms with Crippen LogP contribution in [-0.4, -0.2) is 27.8 Å². The van der Waals surface area contributed by atoms with Gasteiger partial charge in [0, 0.05) is 13.2 Å². The van der Waals surface area contributed by atoms with Gasteiger partial charge in [-0.2, -0.15) is 0 Å². The van der Waals surface area contributed by atoms with E-state index in [1.54, 1.807) is 6.33 Å². The van der Waals surface area contributed by atoms with Gasteiger partial charge >= 0.3 is 5.97 Å². The lowest BCUT2D eigenvalue weighted by Gasteiger charge is -2.14. The van der Waals surface area contributed by atoms with Crippen LogP contribution in [0.5, 0.6) is 0 Å². The molecule has 1 aliphatic carbocycles. The predicted molar refractivity (Wildman–Crippen MR) is 74.3 cm³/mol. The van der Waals surface area contributed by atoms with Gasteiger partial charge in [-0.3, -0.25) is 0 Å². The molecule has 1 aromatic carbocycles. The minimum Gasteiger partial charge on any atom is -0.455 e. The molecule has 1 heterocycles. The largest absolute Gasteiger partial charge is 0.455 e. The topological polar surface area (TPSA) is 66.2 Å². The molecule has 0 aliphatic heterocycles. The van der Waals surface area contributed by atoms with E-state index in [0.29, 0.717) is 11.9 Å². The first-order valence-corrected chi connectivity index (χ1v) is 6.92. The minimum atomic E-state index is -0.719. The van der Waals surface area contributed by atoms with E-state index in [4.69, 9.17) is 9.47 Å². The van der Waals surface area contributed by atoms with Crippen LogP contribution < -0.4 is 0 Å². The SMILES string of the molecule is CO[C@@H](C(=O)OCc1nncn1C1CC1)c1ccccc1. The van der Waals surface area contributed by atoms with Gasteiger partial charge < -0.3 is 14.0 Å². The molecular formula is C15H17N3O3. The van der Waals surface area contributed by atoms with Crippen LogP contribution in [0.15, 0.2) is 36.7 Å². The second-order valence-electron chi connectivity index (χ2n) is 5.02. The Hall–Kier alpha value is -2.21. The Bertz CT molecular complexity index is 608. The zero-order chi connectivity index (χ0) is 14.7. The highest BCUT2D eigenvalue weighted by molar-refractivity contribution is 5.76. The maximum Gasteiger partial charge on any atom is 0.340 e. The normalized spacial score (nSPS) is 15.7. The molecule has 1 aromatic heterocycles. The molecule has 0 spiro atoms. The Morgan fingerprint density at radius 1 is 1.38 bits per heavy atom. The average Bonchev–Trinajstić information content (AvgIpc) is 3.25. The Morgan fingerprint density at radius 3 is 2.81 bits per heavy atom. The highest BCUT2D eigenvalue weighted by atomic mass is 16.6. The van der Waals surface area contributed by atoms with Gasteiger partial charge in [-0.1, -0.05) is 30.3 Å². The molecule has 2 aromatic rings. The molecule has 3 rings (SSSR count). The Morgan fingerprint density at radius 2 is 2.14 bits per heavy atom. The maximum atomic E-state index is 12.2. The Labute approximate surface area is 122 Å². The zero-order valence-electron chi connectivity index (χ0n) is 11.8. The summed E-state index contributed by atoms with van der Waals surface area (Å²) in [6.45, 7) is 0.113. The number of benzene rings is 1. The van der Waals surface area contributed by atoms with Gasteiger partial charge in [0.2, 0.25) is 0 Å². The molecule has 1 atom stereocenters. The van der Waals surface area contributed by atoms with Crippen LogP contribution in [0.4, 0.5) is 0 Å². The zero-order valence-corrected chi connectivity index (χ0v) is 11.8. The first-order chi connectivity index (χ1) is 10.3. The van der Waals surface area contributed by atoms with Crippen molar-refractivity contribution >= 4 is 5.97 Å². The summed E-state index contributed by atoms with van der Waals surface area (Å²) in [6.07, 6.45) is 3.22. The molecule has 0 radical (unpaired) electrons. The van der Waals surface area contributed by atoms with E-state index < -0.39 is 12.1 Å². The van der Waals surface area contributed by atoms with E-state index in [0.717, 1.165) is 18.4 Å². The maximum absolute atomic E-state index is 12.2. The summed E-state index contributed by atoms with van der Waals surface area (Å²) in [4.78, 5) is 12.2. The fraction of sp³-hybridized carbons (Fsp3) is 0.400. The highest BCUT2D eigenvalue weighted by Gasteiger charge is 2.27. The molecule has 1 fully saturated rings. The molecular weight excluding hydrogens is 270 g/mol. The van der Waals surface area contributed by atoms with Crippen LogP contribution in [0.25, 0.3) is 0 Å². The second kappa shape index (κ2) is 6.05. The summed E-state index contributed by atoms with van der Waals surface area (Å²) < 4.78 is 12.5. The van der Waals surface area contributed by atoms with Crippen molar-refractivity contribution in [2.45, 2.75) is 31.6 Å². The van der Waals surface area contributed by atoms with Gasteiger partial charge in [0.05, 0.1) is 0 Å². The number of carbonyl (C=O) groups excluding carboxylic acids is 1. The van der Waals surface area contributed by atoms with Crippen molar-refractivity contribution in [2.24, 2.45) is 0 Å². The van der Waals surface area contributed by atoms with E-state index >= 15 is 0 Å². The van der Waals surface area contributed by atoms with Crippen molar-refractivity contribution in [1.29, 1.82) is 0 Å². The third kappa shape index (κ3) is 3.11. The summed E-state index contributed by atoms with van der Waals surface area (Å²) in [5.41, 5.74) is 0.772. The number of carbonyl (C=O) groups is 1. The van der Waals surface area contributed by atoms with Crippen LogP contribution in [0, 0.1) is 0 Å². The summed E-state index contributed by atoms with van der Waals surface area (Å²) in [7, 11) is 1.49. The molecule has 6 nitrogen and oxygen atoms in total. The highest BCUT2D eigenvalue weighted by Crippen LogP contribution is 2.35. The van der Waals surface area contributed by atoms with Crippen LogP contribution in [0.3, 0.4) is 0 Å². The van der Waals surface area contributed by atoms with Gasteiger partial charge in [0.25, 0.3) is 0 Å². The quantitative estimate of drug-likeness (QED) is 0.761. The van der Waals surface area contributed by atoms with Crippen molar-refractivity contribution in [3.05, 3.63) is 48.0 Å². The fourth-order valence-corrected chi connectivity index (χ4v) is 2.24. The molecule has 0 unspecified atom stereocenters. The van der Waals surface area contributed by atoms with Crippen molar-refractivity contribution in [2.75, 3.05) is 7.11 Å². The lowest BCUT2D eigenvalue weighted by Crippen LogP contribution is -2.18. The minimum absolute atomic E-state index is 0.113. The van der Waals surface area contributed by atoms with Crippen molar-refractivity contribution in [3.8, 4) is 0 Å². The Balaban J connectivity index is 1.64. The number of hydrogen-bond acceptors (Lipinski definition) is 5. The number of nitrogens with zero attached hydrogens (tertiary/aromatic N) is 3. The Kier molecular flexibility index (Phi) is 3.96. The van der Waals surface area contributed by atoms with Gasteiger partial charge in [-0.15, -0.1) is 10.2 Å². The van der Waals surface area contributed by atoms with E-state index in [9.17, 15) is 4.79 Å². The third-order valence-corrected chi connectivity index (χ3v) is 3.48. The van der Waals surface area contributed by atoms with Crippen LogP contribution in [0.1, 0.15) is 36.4 Å². The predicted octanol–water partition coefficient (Wildman–Crippen LogP) is 2.04. The fourth-order valence-electron chi connectivity index (χ4n) is 2.24. The number of aromatic nitrogens is 3. The molecule has 1 aliphatic rings. The number of ether oxygens (including phenoxy) is 2. The van der Waals surface area contributed by atoms with Crippen LogP contribution in [-0.2, 0) is 20.9 Å². The van der Waals surface area contributed by atoms with E-state index in [2.05, 4.69) is 10.2 Å². The summed E-state index contributed by atoms with van der Waals surface area (Å²) in [6, 6.07) is 9.74. The van der Waals surface area contributed by atoms with Crippen LogP contribution in [0.2, 0.25) is 0 Å². The average molecular weight is 287 g/mol. The van der Waals surface area contributed by atoms with E-state index in [1.807, 2.05) is 34.9 Å². The molecule has 0 bridgehead atoms. The van der Waals surface area contributed by atoms with Crippen LogP contribution >= 0.6 is 0 Å². The molecule has 0 saturated heterocycles. The lowest BCUT2D eigenvalue weighted by atomic mass is 10.1. The monoisotopic (exact) mass is 287 g/mol. The molecule has 110 valence electrons. The summed E-state index contributed by atoms with van der Waals surface area (Å²) in [5, 5.41) is 7.88. The van der Waals surface area contributed by atoms with Crippen molar-refractivity contribution < 1.29 is 14.3 Å². The standard InChI is InChI=1S/C15H17N3O3/c1-20-14(11-5-3-2-4-6-11)15(19)21-9-13-17-16-10-18(13)12-7-8-12/h2-6,10,12,14H,7-9H2,1H3/t14-/m1/s1. The third-order valence-electron chi connectivity index (χ3n) is 3.48. The van der Waals surface area contributed by atoms with Gasteiger partial charge in [0.15, 0.2) is 18.5 Å². The second-order valence-corrected chi connectivity index (χ2v) is 5.02. The van der Waals surface area contributed by atoms with Crippen molar-refractivity contribution in [1.82, 2.24) is 14.8 Å². The molecule has 0 amide bonds. The molecule has 1 saturated carbocycles. The van der Waals surface area contributed by atoms with Gasteiger partial charge in [-0.25, -0.2) is 4.79 Å². The number of hydrogen-bond donors (Lipinski definition) is 0. The summed E-state index contributed by atoms with van der Waals surface area (Å²) >= 11 is 0. The van der Waals surface area contributed by atoms with E-state index in [1.165, 1.54) is 7.11 Å². The first kappa shape index (κ1) is 13.8. The smallest absolute Gasteiger partial charge is 0.340 e. The lowest BCUT2D eigenvalue weighted by molar-refractivity contribution is -0.157. The number of methoxy groups -OCH3 is 1. The summed E-state index contributed by atoms with van der Waals surface area (Å²) in [5.74, 6) is 0.253. The molecule has 0 N–H and O–H groups in total. The molecule has 6 heteroatoms. The molecule has 21 heavy (non-hydrogen) atoms. The van der Waals surface area contributed by atoms with E-state index in [-0.39, 0.29) is 6.61 Å².